The Labute approximate surface area is 194 Å². The second kappa shape index (κ2) is 8.98. The van der Waals surface area contributed by atoms with Gasteiger partial charge in [0, 0.05) is 23.7 Å². The monoisotopic (exact) mass is 456 g/mol. The smallest absolute Gasteiger partial charge is 0.230 e. The summed E-state index contributed by atoms with van der Waals surface area (Å²) in [5.74, 6) is 0.600. The summed E-state index contributed by atoms with van der Waals surface area (Å²) in [4.78, 5) is 23.6. The number of rotatable bonds is 6. The highest BCUT2D eigenvalue weighted by Crippen LogP contribution is 2.33. The van der Waals surface area contributed by atoms with Crippen LogP contribution in [0.3, 0.4) is 0 Å². The van der Waals surface area contributed by atoms with E-state index in [4.69, 9.17) is 9.97 Å². The molecule has 0 saturated heterocycles. The summed E-state index contributed by atoms with van der Waals surface area (Å²) in [5, 5.41) is 3.60. The van der Waals surface area contributed by atoms with Crippen molar-refractivity contribution in [3.8, 4) is 5.69 Å². The third kappa shape index (κ3) is 4.04. The number of thioether (sulfide) groups is 1. The van der Waals surface area contributed by atoms with Gasteiger partial charge < -0.3 is 0 Å². The lowest BCUT2D eigenvalue weighted by molar-refractivity contribution is -0.115. The molecule has 0 aliphatic rings. The molecule has 0 atom stereocenters. The van der Waals surface area contributed by atoms with Gasteiger partial charge in [0.15, 0.2) is 10.3 Å². The number of anilines is 2. The summed E-state index contributed by atoms with van der Waals surface area (Å²) >= 11 is 3.12. The van der Waals surface area contributed by atoms with Crippen molar-refractivity contribution < 1.29 is 4.79 Å². The van der Waals surface area contributed by atoms with Crippen LogP contribution in [0.1, 0.15) is 12.6 Å². The lowest BCUT2D eigenvalue weighted by atomic mass is 10.3. The molecule has 1 amide bonds. The largest absolute Gasteiger partial charge is 0.287 e. The zero-order valence-corrected chi connectivity index (χ0v) is 19.0. The molecule has 2 aromatic heterocycles. The minimum atomic E-state index is -0.0596. The SMILES string of the molecule is CC(=O)N(c1ccccc1)c1nc(CSc2nc3ccccc3n2-c2ccccc2)cs1. The van der Waals surface area contributed by atoms with E-state index in [0.29, 0.717) is 10.9 Å². The Bertz CT molecular complexity index is 1360. The number of benzene rings is 3. The maximum Gasteiger partial charge on any atom is 0.230 e. The van der Waals surface area contributed by atoms with Crippen LogP contribution in [0.15, 0.2) is 95.5 Å². The Morgan fingerprint density at radius 3 is 2.38 bits per heavy atom. The summed E-state index contributed by atoms with van der Waals surface area (Å²) < 4.78 is 2.18. The average molecular weight is 457 g/mol. The van der Waals surface area contributed by atoms with Crippen LogP contribution in [0.4, 0.5) is 10.8 Å². The van der Waals surface area contributed by atoms with Gasteiger partial charge >= 0.3 is 0 Å². The molecule has 0 spiro atoms. The Kier molecular flexibility index (Phi) is 5.75. The molecule has 0 fully saturated rings. The molecule has 2 heterocycles. The van der Waals surface area contributed by atoms with Crippen LogP contribution in [0.5, 0.6) is 0 Å². The number of aromatic nitrogens is 3. The fourth-order valence-corrected chi connectivity index (χ4v) is 5.45. The highest BCUT2D eigenvalue weighted by molar-refractivity contribution is 7.98. The molecule has 3 aromatic carbocycles. The third-order valence-electron chi connectivity index (χ3n) is 4.95. The van der Waals surface area contributed by atoms with Crippen molar-refractivity contribution >= 4 is 50.9 Å². The zero-order chi connectivity index (χ0) is 21.9. The van der Waals surface area contributed by atoms with Gasteiger partial charge in [0.1, 0.15) is 0 Å². The number of imidazole rings is 1. The lowest BCUT2D eigenvalue weighted by Gasteiger charge is -2.17. The second-order valence-electron chi connectivity index (χ2n) is 7.15. The number of nitrogens with zero attached hydrogens (tertiary/aromatic N) is 4. The van der Waals surface area contributed by atoms with Gasteiger partial charge in [0.25, 0.3) is 0 Å². The van der Waals surface area contributed by atoms with E-state index in [1.54, 1.807) is 23.6 Å². The van der Waals surface area contributed by atoms with Crippen molar-refractivity contribution in [1.29, 1.82) is 0 Å². The minimum Gasteiger partial charge on any atom is -0.287 e. The number of hydrogen-bond donors (Lipinski definition) is 0. The van der Waals surface area contributed by atoms with Gasteiger partial charge in [-0.2, -0.15) is 0 Å². The predicted molar refractivity (Wildman–Crippen MR) is 132 cm³/mol. The first-order valence-electron chi connectivity index (χ1n) is 10.2. The van der Waals surface area contributed by atoms with Gasteiger partial charge in [0.2, 0.25) is 5.91 Å². The Balaban J connectivity index is 1.43. The van der Waals surface area contributed by atoms with Crippen LogP contribution in [-0.4, -0.2) is 20.4 Å². The fraction of sp³-hybridized carbons (Fsp3) is 0.0800. The van der Waals surface area contributed by atoms with Gasteiger partial charge in [-0.1, -0.05) is 60.3 Å². The second-order valence-corrected chi connectivity index (χ2v) is 8.93. The Morgan fingerprint density at radius 2 is 1.62 bits per heavy atom. The van der Waals surface area contributed by atoms with Gasteiger partial charge in [-0.05, 0) is 36.4 Å². The molecule has 0 radical (unpaired) electrons. The van der Waals surface area contributed by atoms with E-state index in [9.17, 15) is 4.79 Å². The molecule has 5 nitrogen and oxygen atoms in total. The van der Waals surface area contributed by atoms with Gasteiger partial charge in [0.05, 0.1) is 22.4 Å². The van der Waals surface area contributed by atoms with E-state index in [1.165, 1.54) is 11.3 Å². The van der Waals surface area contributed by atoms with E-state index in [-0.39, 0.29) is 5.91 Å². The van der Waals surface area contributed by atoms with Crippen molar-refractivity contribution in [2.45, 2.75) is 17.8 Å². The highest BCUT2D eigenvalue weighted by Gasteiger charge is 2.18. The van der Waals surface area contributed by atoms with Crippen molar-refractivity contribution in [1.82, 2.24) is 14.5 Å². The van der Waals surface area contributed by atoms with Gasteiger partial charge in [-0.25, -0.2) is 9.97 Å². The van der Waals surface area contributed by atoms with Crippen LogP contribution in [0.25, 0.3) is 16.7 Å². The number of carbonyl (C=O) groups excluding carboxylic acids is 1. The highest BCUT2D eigenvalue weighted by atomic mass is 32.2. The number of hydrogen-bond acceptors (Lipinski definition) is 5. The molecule has 0 aliphatic carbocycles. The van der Waals surface area contributed by atoms with E-state index in [1.807, 2.05) is 72.1 Å². The first-order chi connectivity index (χ1) is 15.7. The molecule has 5 rings (SSSR count). The molecule has 7 heteroatoms. The predicted octanol–water partition coefficient (Wildman–Crippen LogP) is 6.46. The maximum absolute atomic E-state index is 12.3. The van der Waals surface area contributed by atoms with Crippen molar-refractivity contribution in [2.75, 3.05) is 4.90 Å². The van der Waals surface area contributed by atoms with E-state index < -0.39 is 0 Å². The van der Waals surface area contributed by atoms with Crippen LogP contribution < -0.4 is 4.90 Å². The van der Waals surface area contributed by atoms with Crippen molar-refractivity contribution in [2.24, 2.45) is 0 Å². The molecule has 5 aromatic rings. The standard InChI is InChI=1S/C25H20N4OS2/c1-18(30)28(20-10-4-2-5-11-20)24-26-19(16-31-24)17-32-25-27-22-14-8-9-15-23(22)29(25)21-12-6-3-7-13-21/h2-16H,17H2,1H3. The molecule has 158 valence electrons. The number of amides is 1. The van der Waals surface area contributed by atoms with Gasteiger partial charge in [-0.15, -0.1) is 11.3 Å². The van der Waals surface area contributed by atoms with Gasteiger partial charge in [-0.3, -0.25) is 14.3 Å². The van der Waals surface area contributed by atoms with Crippen LogP contribution >= 0.6 is 23.1 Å². The van der Waals surface area contributed by atoms with Crippen molar-refractivity contribution in [3.63, 3.8) is 0 Å². The topological polar surface area (TPSA) is 51.0 Å². The van der Waals surface area contributed by atoms with Crippen LogP contribution in [-0.2, 0) is 10.5 Å². The molecule has 0 saturated carbocycles. The number of fused-ring (bicyclic) bond motifs is 1. The van der Waals surface area contributed by atoms with E-state index >= 15 is 0 Å². The normalized spacial score (nSPS) is 11.0. The molecular formula is C25H20N4OS2. The number of thiazole rings is 1. The third-order valence-corrected chi connectivity index (χ3v) is 6.80. The minimum absolute atomic E-state index is 0.0596. The summed E-state index contributed by atoms with van der Waals surface area (Å²) in [5.41, 5.74) is 4.86. The van der Waals surface area contributed by atoms with E-state index in [0.717, 1.165) is 33.3 Å². The first-order valence-corrected chi connectivity index (χ1v) is 12.0. The van der Waals surface area contributed by atoms with Crippen LogP contribution in [0, 0.1) is 0 Å². The summed E-state index contributed by atoms with van der Waals surface area (Å²) in [6.45, 7) is 1.56. The molecule has 0 aliphatic heterocycles. The molecule has 0 bridgehead atoms. The quantitative estimate of drug-likeness (QED) is 0.275. The van der Waals surface area contributed by atoms with E-state index in [2.05, 4.69) is 22.8 Å². The molecule has 32 heavy (non-hydrogen) atoms. The average Bonchev–Trinajstić information content (AvgIpc) is 3.43. The van der Waals surface area contributed by atoms with Crippen molar-refractivity contribution in [3.05, 3.63) is 96.0 Å². The lowest BCUT2D eigenvalue weighted by Crippen LogP contribution is -2.22. The Morgan fingerprint density at radius 1 is 0.938 bits per heavy atom. The molecular weight excluding hydrogens is 436 g/mol. The maximum atomic E-state index is 12.3. The zero-order valence-electron chi connectivity index (χ0n) is 17.4. The number of carbonyl (C=O) groups is 1. The molecule has 0 unspecified atom stereocenters. The Hall–Kier alpha value is -3.42. The number of para-hydroxylation sites is 4. The fourth-order valence-electron chi connectivity index (χ4n) is 3.54. The summed E-state index contributed by atoms with van der Waals surface area (Å²) in [6, 6.07) is 28.0. The molecule has 0 N–H and O–H groups in total. The first kappa shape index (κ1) is 20.5. The van der Waals surface area contributed by atoms with Crippen LogP contribution in [0.2, 0.25) is 0 Å². The summed E-state index contributed by atoms with van der Waals surface area (Å²) in [6.07, 6.45) is 0. The summed E-state index contributed by atoms with van der Waals surface area (Å²) in [7, 11) is 0.